The predicted octanol–water partition coefficient (Wildman–Crippen LogP) is 2.36. The highest BCUT2D eigenvalue weighted by Gasteiger charge is 2.46. The number of rotatable bonds is 6. The number of hydrogen-bond acceptors (Lipinski definition) is 4. The number of nitrogens with one attached hydrogen (secondary N) is 2. The average molecular weight is 364 g/mol. The molecule has 3 rings (SSSR count). The molecule has 0 radical (unpaired) electrons. The second-order valence-corrected chi connectivity index (χ2v) is 8.07. The van der Waals surface area contributed by atoms with Gasteiger partial charge in [-0.1, -0.05) is 19.3 Å². The number of carbonyl (C=O) groups is 3. The average Bonchev–Trinajstić information content (AvgIpc) is 3.28. The zero-order valence-electron chi connectivity index (χ0n) is 14.3. The smallest absolute Gasteiger partial charge is 0.326 e. The molecule has 1 aromatic heterocycles. The maximum atomic E-state index is 12.5. The third-order valence-corrected chi connectivity index (χ3v) is 6.47. The first-order chi connectivity index (χ1) is 12.0. The number of aliphatic carboxylic acids is 1. The highest BCUT2D eigenvalue weighted by atomic mass is 32.1. The number of hydrogen-bond donors (Lipinski definition) is 3. The van der Waals surface area contributed by atoms with Gasteiger partial charge in [-0.05, 0) is 37.3 Å². The molecule has 2 aliphatic rings. The van der Waals surface area contributed by atoms with Crippen molar-refractivity contribution in [2.24, 2.45) is 11.8 Å². The van der Waals surface area contributed by atoms with Crippen LogP contribution in [0.25, 0.3) is 0 Å². The SMILES string of the molecule is CNC(=O)c1ccc(C2CC2C(=O)N[C@H](C(=O)O)C2CCCCC2)s1. The van der Waals surface area contributed by atoms with Crippen molar-refractivity contribution < 1.29 is 19.5 Å². The summed E-state index contributed by atoms with van der Waals surface area (Å²) in [6, 6.07) is 2.89. The molecule has 3 atom stereocenters. The van der Waals surface area contributed by atoms with Crippen LogP contribution in [0.1, 0.15) is 59.0 Å². The highest BCUT2D eigenvalue weighted by Crippen LogP contribution is 2.50. The van der Waals surface area contributed by atoms with Crippen molar-refractivity contribution in [2.75, 3.05) is 7.05 Å². The van der Waals surface area contributed by atoms with E-state index in [-0.39, 0.29) is 29.6 Å². The Morgan fingerprint density at radius 3 is 2.56 bits per heavy atom. The third-order valence-electron chi connectivity index (χ3n) is 5.26. The monoisotopic (exact) mass is 364 g/mol. The lowest BCUT2D eigenvalue weighted by Crippen LogP contribution is -2.47. The van der Waals surface area contributed by atoms with Crippen LogP contribution in [-0.4, -0.2) is 36.0 Å². The summed E-state index contributed by atoms with van der Waals surface area (Å²) in [5, 5.41) is 14.9. The van der Waals surface area contributed by atoms with Crippen molar-refractivity contribution in [2.45, 2.75) is 50.5 Å². The van der Waals surface area contributed by atoms with Gasteiger partial charge in [0.25, 0.3) is 5.91 Å². The van der Waals surface area contributed by atoms with E-state index in [9.17, 15) is 19.5 Å². The molecule has 0 bridgehead atoms. The van der Waals surface area contributed by atoms with Gasteiger partial charge < -0.3 is 15.7 Å². The van der Waals surface area contributed by atoms with Crippen LogP contribution in [0.2, 0.25) is 0 Å². The van der Waals surface area contributed by atoms with Gasteiger partial charge in [0.2, 0.25) is 5.91 Å². The predicted molar refractivity (Wildman–Crippen MR) is 94.7 cm³/mol. The molecule has 0 aromatic carbocycles. The van der Waals surface area contributed by atoms with Crippen LogP contribution in [0.4, 0.5) is 0 Å². The maximum absolute atomic E-state index is 12.5. The van der Waals surface area contributed by atoms with Gasteiger partial charge in [-0.15, -0.1) is 11.3 Å². The van der Waals surface area contributed by atoms with Crippen LogP contribution in [0.3, 0.4) is 0 Å². The molecule has 2 amide bonds. The molecule has 2 saturated carbocycles. The minimum atomic E-state index is -0.935. The molecule has 3 N–H and O–H groups in total. The van der Waals surface area contributed by atoms with E-state index in [0.29, 0.717) is 4.88 Å². The molecule has 0 spiro atoms. The topological polar surface area (TPSA) is 95.5 Å². The first-order valence-corrected chi connectivity index (χ1v) is 9.68. The number of amides is 2. The molecular weight excluding hydrogens is 340 g/mol. The van der Waals surface area contributed by atoms with Gasteiger partial charge in [-0.2, -0.15) is 0 Å². The zero-order chi connectivity index (χ0) is 18.0. The lowest BCUT2D eigenvalue weighted by atomic mass is 9.84. The Morgan fingerprint density at radius 2 is 1.92 bits per heavy atom. The van der Waals surface area contributed by atoms with Gasteiger partial charge in [0.05, 0.1) is 4.88 Å². The lowest BCUT2D eigenvalue weighted by molar-refractivity contribution is -0.144. The summed E-state index contributed by atoms with van der Waals surface area (Å²) in [4.78, 5) is 37.4. The lowest BCUT2D eigenvalue weighted by Gasteiger charge is -2.28. The Kier molecular flexibility index (Phi) is 5.42. The summed E-state index contributed by atoms with van der Waals surface area (Å²) in [6.45, 7) is 0. The molecule has 25 heavy (non-hydrogen) atoms. The standard InChI is InChI=1S/C18H24N2O4S/c1-19-17(22)14-8-7-13(25-14)11-9-12(11)16(21)20-15(18(23)24)10-5-3-2-4-6-10/h7-8,10-12,15H,2-6,9H2,1H3,(H,19,22)(H,20,21)(H,23,24)/t11?,12?,15-/m0/s1. The Balaban J connectivity index is 1.59. The Hall–Kier alpha value is -1.89. The quantitative estimate of drug-likeness (QED) is 0.722. The Labute approximate surface area is 151 Å². The Bertz CT molecular complexity index is 666. The zero-order valence-corrected chi connectivity index (χ0v) is 15.1. The summed E-state index contributed by atoms with van der Waals surface area (Å²) in [5.41, 5.74) is 0. The molecule has 2 fully saturated rings. The number of thiophene rings is 1. The van der Waals surface area contributed by atoms with Crippen LogP contribution in [0, 0.1) is 11.8 Å². The fourth-order valence-electron chi connectivity index (χ4n) is 3.71. The fraction of sp³-hybridized carbons (Fsp3) is 0.611. The van der Waals surface area contributed by atoms with Crippen molar-refractivity contribution in [3.05, 3.63) is 21.9 Å². The largest absolute Gasteiger partial charge is 0.480 e. The van der Waals surface area contributed by atoms with Gasteiger partial charge in [0, 0.05) is 23.8 Å². The van der Waals surface area contributed by atoms with Gasteiger partial charge in [0.1, 0.15) is 6.04 Å². The van der Waals surface area contributed by atoms with Crippen LogP contribution >= 0.6 is 11.3 Å². The van der Waals surface area contributed by atoms with Crippen LogP contribution in [-0.2, 0) is 9.59 Å². The summed E-state index contributed by atoms with van der Waals surface area (Å²) >= 11 is 1.40. The van der Waals surface area contributed by atoms with E-state index in [0.717, 1.165) is 43.4 Å². The third kappa shape index (κ3) is 4.03. The van der Waals surface area contributed by atoms with E-state index < -0.39 is 12.0 Å². The molecule has 0 saturated heterocycles. The maximum Gasteiger partial charge on any atom is 0.326 e. The molecule has 2 aliphatic carbocycles. The number of carboxylic acids is 1. The molecule has 6 nitrogen and oxygen atoms in total. The van der Waals surface area contributed by atoms with Gasteiger partial charge in [-0.3, -0.25) is 9.59 Å². The van der Waals surface area contributed by atoms with E-state index in [1.54, 1.807) is 13.1 Å². The summed E-state index contributed by atoms with van der Waals surface area (Å²) in [7, 11) is 1.59. The molecule has 1 aromatic rings. The highest BCUT2D eigenvalue weighted by molar-refractivity contribution is 7.14. The van der Waals surface area contributed by atoms with E-state index in [1.165, 1.54) is 11.3 Å². The first-order valence-electron chi connectivity index (χ1n) is 8.86. The van der Waals surface area contributed by atoms with Crippen molar-refractivity contribution in [1.29, 1.82) is 0 Å². The van der Waals surface area contributed by atoms with Crippen LogP contribution < -0.4 is 10.6 Å². The minimum Gasteiger partial charge on any atom is -0.480 e. The number of carbonyl (C=O) groups excluding carboxylic acids is 2. The fourth-order valence-corrected chi connectivity index (χ4v) is 4.84. The summed E-state index contributed by atoms with van der Waals surface area (Å²) < 4.78 is 0. The van der Waals surface area contributed by atoms with E-state index in [1.807, 2.05) is 6.07 Å². The van der Waals surface area contributed by atoms with E-state index >= 15 is 0 Å². The summed E-state index contributed by atoms with van der Waals surface area (Å²) in [5.74, 6) is -1.27. The van der Waals surface area contributed by atoms with Crippen molar-refractivity contribution in [3.8, 4) is 0 Å². The van der Waals surface area contributed by atoms with Crippen LogP contribution in [0.15, 0.2) is 12.1 Å². The molecule has 136 valence electrons. The Morgan fingerprint density at radius 1 is 1.20 bits per heavy atom. The van der Waals surface area contributed by atoms with Crippen LogP contribution in [0.5, 0.6) is 0 Å². The molecule has 7 heteroatoms. The summed E-state index contributed by atoms with van der Waals surface area (Å²) in [6.07, 6.45) is 5.67. The number of carboxylic acid groups (broad SMARTS) is 1. The van der Waals surface area contributed by atoms with Gasteiger partial charge >= 0.3 is 5.97 Å². The van der Waals surface area contributed by atoms with E-state index in [2.05, 4.69) is 10.6 Å². The van der Waals surface area contributed by atoms with Crippen molar-refractivity contribution in [1.82, 2.24) is 10.6 Å². The minimum absolute atomic E-state index is 0.0361. The molecule has 0 aliphatic heterocycles. The second kappa shape index (κ2) is 7.56. The van der Waals surface area contributed by atoms with Gasteiger partial charge in [0.15, 0.2) is 0 Å². The van der Waals surface area contributed by atoms with Crippen molar-refractivity contribution in [3.63, 3.8) is 0 Å². The second-order valence-electron chi connectivity index (χ2n) is 6.95. The normalized spacial score (nSPS) is 24.4. The van der Waals surface area contributed by atoms with Gasteiger partial charge in [-0.25, -0.2) is 4.79 Å². The van der Waals surface area contributed by atoms with Crippen molar-refractivity contribution >= 4 is 29.1 Å². The molecule has 2 unspecified atom stereocenters. The molecular formula is C18H24N2O4S. The molecule has 1 heterocycles. The first kappa shape index (κ1) is 17.9. The van der Waals surface area contributed by atoms with E-state index in [4.69, 9.17) is 0 Å².